The number of fused-ring (bicyclic) bond motifs is 1. The van der Waals surface area contributed by atoms with E-state index in [0.29, 0.717) is 41.0 Å². The molecule has 102 valence electrons. The molecule has 2 aromatic carbocycles. The predicted molar refractivity (Wildman–Crippen MR) is 76.4 cm³/mol. The van der Waals surface area contributed by atoms with Crippen LogP contribution in [0.1, 0.15) is 12.0 Å². The van der Waals surface area contributed by atoms with Crippen LogP contribution in [-0.4, -0.2) is 17.5 Å². The lowest BCUT2D eigenvalue weighted by Crippen LogP contribution is -2.16. The Morgan fingerprint density at radius 2 is 1.95 bits per heavy atom. The van der Waals surface area contributed by atoms with Crippen molar-refractivity contribution in [1.82, 2.24) is 0 Å². The van der Waals surface area contributed by atoms with Gasteiger partial charge in [0, 0.05) is 17.0 Å². The van der Waals surface area contributed by atoms with Crippen molar-refractivity contribution >= 4 is 17.3 Å². The number of hydrogen-bond acceptors (Lipinski definition) is 4. The Morgan fingerprint density at radius 1 is 1.15 bits per heavy atom. The molecule has 0 fully saturated rings. The summed E-state index contributed by atoms with van der Waals surface area (Å²) in [6.45, 7) is 0.466. The number of nitrogens with zero attached hydrogens (tertiary/aromatic N) is 1. The fraction of sp³-hybridized carbons (Fsp3) is 0.133. The number of benzene rings is 2. The third-order valence-corrected chi connectivity index (χ3v) is 3.29. The molecule has 2 aromatic rings. The maximum absolute atomic E-state index is 9.03. The zero-order chi connectivity index (χ0) is 13.9. The second-order valence-electron chi connectivity index (χ2n) is 4.33. The van der Waals surface area contributed by atoms with Crippen LogP contribution in [0.3, 0.4) is 0 Å². The standard InChI is InChI=1S/C15H12ClNO3/c16-10-4-6-11(7-5-10)20-14-3-1-2-12-13(17-18)8-9-19-15(12)14/h1-7,18H,8-9H2. The maximum Gasteiger partial charge on any atom is 0.170 e. The summed E-state index contributed by atoms with van der Waals surface area (Å²) >= 11 is 5.84. The van der Waals surface area contributed by atoms with Crippen LogP contribution in [0, 0.1) is 0 Å². The number of ether oxygens (including phenoxy) is 2. The lowest BCUT2D eigenvalue weighted by Gasteiger charge is -2.20. The van der Waals surface area contributed by atoms with Gasteiger partial charge in [-0.05, 0) is 36.4 Å². The zero-order valence-corrected chi connectivity index (χ0v) is 11.3. The fourth-order valence-corrected chi connectivity index (χ4v) is 2.22. The number of oxime groups is 1. The minimum atomic E-state index is 0.466. The first-order valence-corrected chi connectivity index (χ1v) is 6.56. The fourth-order valence-electron chi connectivity index (χ4n) is 2.09. The van der Waals surface area contributed by atoms with Crippen molar-refractivity contribution in [2.75, 3.05) is 6.61 Å². The van der Waals surface area contributed by atoms with Gasteiger partial charge in [0.1, 0.15) is 5.75 Å². The van der Waals surface area contributed by atoms with Gasteiger partial charge in [0.05, 0.1) is 12.3 Å². The van der Waals surface area contributed by atoms with Gasteiger partial charge in [-0.25, -0.2) is 0 Å². The summed E-state index contributed by atoms with van der Waals surface area (Å²) in [4.78, 5) is 0. The minimum Gasteiger partial charge on any atom is -0.489 e. The van der Waals surface area contributed by atoms with E-state index >= 15 is 0 Å². The van der Waals surface area contributed by atoms with Crippen LogP contribution in [-0.2, 0) is 0 Å². The Balaban J connectivity index is 1.96. The summed E-state index contributed by atoms with van der Waals surface area (Å²) in [6, 6.07) is 12.6. The van der Waals surface area contributed by atoms with Gasteiger partial charge in [0.15, 0.2) is 11.5 Å². The summed E-state index contributed by atoms with van der Waals surface area (Å²) in [7, 11) is 0. The van der Waals surface area contributed by atoms with Crippen molar-refractivity contribution in [2.45, 2.75) is 6.42 Å². The first-order chi connectivity index (χ1) is 9.78. The first kappa shape index (κ1) is 12.8. The molecule has 0 aliphatic carbocycles. The SMILES string of the molecule is ON=C1CCOc2c(Oc3ccc(Cl)cc3)cccc21. The molecule has 0 spiro atoms. The van der Waals surface area contributed by atoms with E-state index < -0.39 is 0 Å². The van der Waals surface area contributed by atoms with E-state index in [9.17, 15) is 0 Å². The monoisotopic (exact) mass is 289 g/mol. The lowest BCUT2D eigenvalue weighted by molar-refractivity contribution is 0.289. The molecular formula is C15H12ClNO3. The molecule has 0 saturated heterocycles. The third kappa shape index (κ3) is 2.42. The van der Waals surface area contributed by atoms with E-state index in [-0.39, 0.29) is 0 Å². The van der Waals surface area contributed by atoms with Crippen molar-refractivity contribution in [3.05, 3.63) is 53.1 Å². The van der Waals surface area contributed by atoms with E-state index in [1.54, 1.807) is 24.3 Å². The van der Waals surface area contributed by atoms with Gasteiger partial charge in [0.2, 0.25) is 0 Å². The van der Waals surface area contributed by atoms with Gasteiger partial charge in [-0.1, -0.05) is 22.8 Å². The molecule has 0 unspecified atom stereocenters. The van der Waals surface area contributed by atoms with Crippen molar-refractivity contribution in [1.29, 1.82) is 0 Å². The highest BCUT2D eigenvalue weighted by Gasteiger charge is 2.21. The molecule has 1 heterocycles. The highest BCUT2D eigenvalue weighted by molar-refractivity contribution is 6.30. The quantitative estimate of drug-likeness (QED) is 0.669. The van der Waals surface area contributed by atoms with Crippen molar-refractivity contribution < 1.29 is 14.7 Å². The Labute approximate surface area is 121 Å². The van der Waals surface area contributed by atoms with E-state index in [1.165, 1.54) is 0 Å². The molecule has 0 radical (unpaired) electrons. The third-order valence-electron chi connectivity index (χ3n) is 3.04. The predicted octanol–water partition coefficient (Wildman–Crippen LogP) is 4.09. The van der Waals surface area contributed by atoms with E-state index in [2.05, 4.69) is 5.16 Å². The van der Waals surface area contributed by atoms with E-state index in [4.69, 9.17) is 26.3 Å². The number of halogens is 1. The van der Waals surface area contributed by atoms with Crippen molar-refractivity contribution in [2.24, 2.45) is 5.16 Å². The molecule has 0 aromatic heterocycles. The summed E-state index contributed by atoms with van der Waals surface area (Å²) in [5, 5.41) is 13.0. The van der Waals surface area contributed by atoms with Gasteiger partial charge in [-0.2, -0.15) is 0 Å². The Hall–Kier alpha value is -2.20. The molecule has 0 atom stereocenters. The molecule has 0 amide bonds. The summed E-state index contributed by atoms with van der Waals surface area (Å²) in [6.07, 6.45) is 0.577. The van der Waals surface area contributed by atoms with Gasteiger partial charge in [-0.3, -0.25) is 0 Å². The molecule has 20 heavy (non-hydrogen) atoms. The molecule has 4 nitrogen and oxygen atoms in total. The second kappa shape index (κ2) is 5.43. The van der Waals surface area contributed by atoms with Crippen molar-refractivity contribution in [3.8, 4) is 17.2 Å². The average molecular weight is 290 g/mol. The molecule has 1 N–H and O–H groups in total. The molecule has 3 rings (SSSR count). The van der Waals surface area contributed by atoms with Gasteiger partial charge in [-0.15, -0.1) is 0 Å². The van der Waals surface area contributed by atoms with E-state index in [0.717, 1.165) is 5.56 Å². The van der Waals surface area contributed by atoms with Crippen LogP contribution in [0.4, 0.5) is 0 Å². The highest BCUT2D eigenvalue weighted by atomic mass is 35.5. The summed E-state index contributed by atoms with van der Waals surface area (Å²) in [5.41, 5.74) is 1.36. The van der Waals surface area contributed by atoms with Crippen LogP contribution in [0.5, 0.6) is 17.2 Å². The lowest BCUT2D eigenvalue weighted by atomic mass is 10.0. The molecule has 0 saturated carbocycles. The maximum atomic E-state index is 9.03. The Bertz CT molecular complexity index is 653. The second-order valence-corrected chi connectivity index (χ2v) is 4.77. The highest BCUT2D eigenvalue weighted by Crippen LogP contribution is 2.37. The molecule has 1 aliphatic heterocycles. The van der Waals surface area contributed by atoms with Gasteiger partial charge >= 0.3 is 0 Å². The number of hydrogen-bond donors (Lipinski definition) is 1. The number of rotatable bonds is 2. The average Bonchev–Trinajstić information content (AvgIpc) is 2.49. The zero-order valence-electron chi connectivity index (χ0n) is 10.5. The largest absolute Gasteiger partial charge is 0.489 e. The molecule has 1 aliphatic rings. The smallest absolute Gasteiger partial charge is 0.170 e. The van der Waals surface area contributed by atoms with E-state index in [1.807, 2.05) is 18.2 Å². The Morgan fingerprint density at radius 3 is 2.70 bits per heavy atom. The summed E-state index contributed by atoms with van der Waals surface area (Å²) in [5.74, 6) is 1.85. The normalized spacial score (nSPS) is 15.6. The van der Waals surface area contributed by atoms with Crippen LogP contribution < -0.4 is 9.47 Å². The van der Waals surface area contributed by atoms with Gasteiger partial charge < -0.3 is 14.7 Å². The Kier molecular flexibility index (Phi) is 3.48. The minimum absolute atomic E-state index is 0.466. The number of para-hydroxylation sites is 1. The van der Waals surface area contributed by atoms with Crippen molar-refractivity contribution in [3.63, 3.8) is 0 Å². The van der Waals surface area contributed by atoms with Gasteiger partial charge in [0.25, 0.3) is 0 Å². The van der Waals surface area contributed by atoms with Crippen LogP contribution in [0.15, 0.2) is 47.6 Å². The molecule has 0 bridgehead atoms. The molecular weight excluding hydrogens is 278 g/mol. The summed E-state index contributed by atoms with van der Waals surface area (Å²) < 4.78 is 11.4. The molecule has 5 heteroatoms. The van der Waals surface area contributed by atoms with Crippen LogP contribution in [0.2, 0.25) is 5.02 Å². The van der Waals surface area contributed by atoms with Crippen LogP contribution >= 0.6 is 11.6 Å². The van der Waals surface area contributed by atoms with Crippen LogP contribution in [0.25, 0.3) is 0 Å². The first-order valence-electron chi connectivity index (χ1n) is 6.18. The topological polar surface area (TPSA) is 51.1 Å².